The second-order valence-electron chi connectivity index (χ2n) is 5.28. The molecule has 0 fully saturated rings. The van der Waals surface area contributed by atoms with Crippen molar-refractivity contribution in [3.05, 3.63) is 64.4 Å². The van der Waals surface area contributed by atoms with Crippen LogP contribution in [0.2, 0.25) is 0 Å². The molecule has 24 heavy (non-hydrogen) atoms. The summed E-state index contributed by atoms with van der Waals surface area (Å²) in [5, 5.41) is 7.04. The van der Waals surface area contributed by atoms with Crippen molar-refractivity contribution in [3.63, 3.8) is 0 Å². The van der Waals surface area contributed by atoms with Crippen molar-refractivity contribution in [2.75, 3.05) is 0 Å². The topological polar surface area (TPSA) is 58.9 Å². The van der Waals surface area contributed by atoms with Crippen molar-refractivity contribution < 1.29 is 17.6 Å². The summed E-state index contributed by atoms with van der Waals surface area (Å²) in [7, 11) is 0. The lowest BCUT2D eigenvalue weighted by Crippen LogP contribution is -2.05. The number of alkyl halides is 3. The molecule has 2 aliphatic heterocycles. The van der Waals surface area contributed by atoms with Gasteiger partial charge in [0.25, 0.3) is 5.56 Å². The minimum atomic E-state index is -4.42. The van der Waals surface area contributed by atoms with Crippen LogP contribution in [-0.2, 0) is 6.18 Å². The Kier molecular flexibility index (Phi) is 2.99. The van der Waals surface area contributed by atoms with Gasteiger partial charge in [0.1, 0.15) is 22.6 Å². The number of rotatable bonds is 1. The van der Waals surface area contributed by atoms with Crippen LogP contribution in [0.25, 0.3) is 33.6 Å². The highest BCUT2D eigenvalue weighted by atomic mass is 19.4. The Balaban J connectivity index is 1.98. The molecule has 120 valence electrons. The molecule has 2 heterocycles. The van der Waals surface area contributed by atoms with Crippen molar-refractivity contribution >= 4 is 11.0 Å². The third kappa shape index (κ3) is 2.17. The zero-order chi connectivity index (χ0) is 16.9. The molecule has 2 aromatic carbocycles. The second-order valence-corrected chi connectivity index (χ2v) is 5.28. The van der Waals surface area contributed by atoms with Crippen LogP contribution in [0, 0.1) is 0 Å². The number of halogens is 3. The molecule has 0 aliphatic carbocycles. The Hall–Kier alpha value is -3.09. The van der Waals surface area contributed by atoms with E-state index in [1.807, 2.05) is 0 Å². The van der Waals surface area contributed by atoms with Gasteiger partial charge in [-0.05, 0) is 24.3 Å². The van der Waals surface area contributed by atoms with Crippen molar-refractivity contribution in [1.82, 2.24) is 10.2 Å². The number of H-pyrrole nitrogens is 1. The molecular formula is C17H9F3N2O2. The van der Waals surface area contributed by atoms with Gasteiger partial charge in [0.05, 0.1) is 5.56 Å². The number of nitrogens with one attached hydrogen (secondary N) is 1. The largest absolute Gasteiger partial charge is 0.455 e. The summed E-state index contributed by atoms with van der Waals surface area (Å²) in [6.45, 7) is 0. The Morgan fingerprint density at radius 1 is 1.00 bits per heavy atom. The van der Waals surface area contributed by atoms with E-state index in [1.165, 1.54) is 12.1 Å². The highest BCUT2D eigenvalue weighted by molar-refractivity contribution is 5.96. The molecule has 0 amide bonds. The summed E-state index contributed by atoms with van der Waals surface area (Å²) >= 11 is 0. The smallest absolute Gasteiger partial charge is 0.416 e. The third-order valence-electron chi connectivity index (χ3n) is 3.79. The van der Waals surface area contributed by atoms with Crippen molar-refractivity contribution in [1.29, 1.82) is 0 Å². The molecular weight excluding hydrogens is 321 g/mol. The van der Waals surface area contributed by atoms with Gasteiger partial charge in [0.2, 0.25) is 0 Å². The summed E-state index contributed by atoms with van der Waals surface area (Å²) < 4.78 is 43.9. The predicted octanol–water partition coefficient (Wildman–Crippen LogP) is 4.31. The van der Waals surface area contributed by atoms with Gasteiger partial charge >= 0.3 is 6.18 Å². The van der Waals surface area contributed by atoms with Crippen molar-refractivity contribution in [2.24, 2.45) is 0 Å². The van der Waals surface area contributed by atoms with Crippen LogP contribution < -0.4 is 5.56 Å². The van der Waals surface area contributed by atoms with Crippen molar-refractivity contribution in [3.8, 4) is 22.6 Å². The van der Waals surface area contributed by atoms with E-state index in [1.54, 1.807) is 24.3 Å². The standard InChI is InChI=1S/C17H9F3N2O2/c18-17(19,20)10-7-5-9(6-8-10)15-13-14(21-22-16(13)23)11-3-1-2-4-12(11)24-15/h1-8H,(H,22,23). The van der Waals surface area contributed by atoms with E-state index in [0.29, 0.717) is 22.2 Å². The van der Waals surface area contributed by atoms with Gasteiger partial charge in [-0.3, -0.25) is 4.79 Å². The first kappa shape index (κ1) is 14.5. The second kappa shape index (κ2) is 4.95. The van der Waals surface area contributed by atoms with Gasteiger partial charge in [-0.1, -0.05) is 24.3 Å². The lowest BCUT2D eigenvalue weighted by molar-refractivity contribution is -0.137. The number of aromatic nitrogens is 2. The first-order valence-electron chi connectivity index (χ1n) is 7.03. The highest BCUT2D eigenvalue weighted by Gasteiger charge is 2.30. The quantitative estimate of drug-likeness (QED) is 0.566. The van der Waals surface area contributed by atoms with Crippen molar-refractivity contribution in [2.45, 2.75) is 6.18 Å². The number of para-hydroxylation sites is 1. The summed E-state index contributed by atoms with van der Waals surface area (Å²) in [5.74, 6) is 0.191. The molecule has 7 heteroatoms. The number of benzene rings is 2. The molecule has 0 saturated carbocycles. The zero-order valence-corrected chi connectivity index (χ0v) is 12.0. The molecule has 4 rings (SSSR count). The molecule has 0 bridgehead atoms. The Morgan fingerprint density at radius 2 is 1.71 bits per heavy atom. The van der Waals surface area contributed by atoms with E-state index in [0.717, 1.165) is 12.1 Å². The lowest BCUT2D eigenvalue weighted by atomic mass is 10.0. The molecule has 0 saturated heterocycles. The van der Waals surface area contributed by atoms with E-state index >= 15 is 0 Å². The van der Waals surface area contributed by atoms with Gasteiger partial charge in [-0.2, -0.15) is 18.3 Å². The SMILES string of the molecule is O=c1[nH]nc2c3ccccc3oc(-c3ccc(C(F)(F)F)cc3)c1-2. The van der Waals surface area contributed by atoms with Gasteiger partial charge in [-0.15, -0.1) is 0 Å². The molecule has 0 spiro atoms. The van der Waals surface area contributed by atoms with Gasteiger partial charge < -0.3 is 4.42 Å². The number of hydrogen-bond donors (Lipinski definition) is 1. The predicted molar refractivity (Wildman–Crippen MR) is 81.7 cm³/mol. The van der Waals surface area contributed by atoms with E-state index < -0.39 is 17.3 Å². The molecule has 1 N–H and O–H groups in total. The minimum Gasteiger partial charge on any atom is -0.455 e. The van der Waals surface area contributed by atoms with Crippen LogP contribution in [0.15, 0.2) is 57.7 Å². The molecule has 2 aliphatic rings. The Labute approximate surface area is 132 Å². The minimum absolute atomic E-state index is 0.191. The van der Waals surface area contributed by atoms with Crippen LogP contribution in [0.5, 0.6) is 0 Å². The number of nitrogens with zero attached hydrogens (tertiary/aromatic N) is 1. The zero-order valence-electron chi connectivity index (χ0n) is 12.0. The fourth-order valence-corrected chi connectivity index (χ4v) is 2.66. The average Bonchev–Trinajstić information content (AvgIpc) is 2.96. The third-order valence-corrected chi connectivity index (χ3v) is 3.79. The van der Waals surface area contributed by atoms with E-state index in [-0.39, 0.29) is 11.3 Å². The van der Waals surface area contributed by atoms with Crippen LogP contribution in [0.1, 0.15) is 5.56 Å². The fourth-order valence-electron chi connectivity index (χ4n) is 2.66. The van der Waals surface area contributed by atoms with Gasteiger partial charge in [-0.25, -0.2) is 5.10 Å². The maximum atomic E-state index is 12.7. The van der Waals surface area contributed by atoms with Gasteiger partial charge in [0.15, 0.2) is 0 Å². The first-order valence-corrected chi connectivity index (χ1v) is 7.03. The normalized spacial score (nSPS) is 12.1. The molecule has 0 unspecified atom stereocenters. The molecule has 0 atom stereocenters. The van der Waals surface area contributed by atoms with E-state index in [2.05, 4.69) is 10.2 Å². The molecule has 0 radical (unpaired) electrons. The van der Waals surface area contributed by atoms with E-state index in [4.69, 9.17) is 4.42 Å². The molecule has 4 nitrogen and oxygen atoms in total. The highest BCUT2D eigenvalue weighted by Crippen LogP contribution is 2.37. The Morgan fingerprint density at radius 3 is 2.42 bits per heavy atom. The van der Waals surface area contributed by atoms with Gasteiger partial charge in [0, 0.05) is 10.9 Å². The number of fused-ring (bicyclic) bond motifs is 3. The Bertz CT molecular complexity index is 1060. The first-order chi connectivity index (χ1) is 11.4. The van der Waals surface area contributed by atoms with Crippen LogP contribution >= 0.6 is 0 Å². The number of hydrogen-bond acceptors (Lipinski definition) is 3. The van der Waals surface area contributed by atoms with Crippen LogP contribution in [0.4, 0.5) is 13.2 Å². The maximum absolute atomic E-state index is 12.7. The summed E-state index contributed by atoms with van der Waals surface area (Å²) in [4.78, 5) is 12.1. The lowest BCUT2D eigenvalue weighted by Gasteiger charge is -2.10. The average molecular weight is 330 g/mol. The molecule has 0 aromatic heterocycles. The van der Waals surface area contributed by atoms with E-state index in [9.17, 15) is 18.0 Å². The fraction of sp³-hybridized carbons (Fsp3) is 0.0588. The monoisotopic (exact) mass is 330 g/mol. The summed E-state index contributed by atoms with van der Waals surface area (Å²) in [6.07, 6.45) is -4.42. The summed E-state index contributed by atoms with van der Waals surface area (Å²) in [6, 6.07) is 11.5. The summed E-state index contributed by atoms with van der Waals surface area (Å²) in [5.41, 5.74) is 0.293. The molecule has 2 aromatic rings. The maximum Gasteiger partial charge on any atom is 0.416 e. The number of aromatic amines is 1. The van der Waals surface area contributed by atoms with Crippen LogP contribution in [-0.4, -0.2) is 10.2 Å². The van der Waals surface area contributed by atoms with Crippen LogP contribution in [0.3, 0.4) is 0 Å².